The van der Waals surface area contributed by atoms with Crippen LogP contribution in [0.2, 0.25) is 0 Å². The highest BCUT2D eigenvalue weighted by atomic mass is 16.6. The second-order valence-electron chi connectivity index (χ2n) is 5.56. The predicted molar refractivity (Wildman–Crippen MR) is 67.8 cm³/mol. The number of benzene rings is 1. The number of hydrogen-bond acceptors (Lipinski definition) is 3. The molecule has 0 radical (unpaired) electrons. The zero-order chi connectivity index (χ0) is 12.6. The van der Waals surface area contributed by atoms with Gasteiger partial charge in [0, 0.05) is 24.5 Å². The van der Waals surface area contributed by atoms with Crippen molar-refractivity contribution < 1.29 is 9.53 Å². The highest BCUT2D eigenvalue weighted by Crippen LogP contribution is 2.47. The molecule has 1 aliphatic heterocycles. The summed E-state index contributed by atoms with van der Waals surface area (Å²) in [6.45, 7) is 1.98. The van der Waals surface area contributed by atoms with Crippen LogP contribution in [0.15, 0.2) is 30.3 Å². The molecular formula is C14H18N2O2. The molecule has 0 bridgehead atoms. The first-order valence-electron chi connectivity index (χ1n) is 6.38. The molecule has 1 saturated heterocycles. The van der Waals surface area contributed by atoms with Gasteiger partial charge in [0.2, 0.25) is 0 Å². The maximum atomic E-state index is 11.8. The topological polar surface area (TPSA) is 55.6 Å². The van der Waals surface area contributed by atoms with Gasteiger partial charge in [0.1, 0.15) is 6.61 Å². The maximum absolute atomic E-state index is 11.8. The number of carbonyl (C=O) groups is 1. The molecule has 1 spiro atoms. The lowest BCUT2D eigenvalue weighted by Gasteiger charge is -2.57. The summed E-state index contributed by atoms with van der Waals surface area (Å²) >= 11 is 0. The number of nitrogens with two attached hydrogens (primary N) is 1. The first-order chi connectivity index (χ1) is 8.67. The first-order valence-corrected chi connectivity index (χ1v) is 6.38. The van der Waals surface area contributed by atoms with Crippen molar-refractivity contribution in [3.8, 4) is 0 Å². The van der Waals surface area contributed by atoms with E-state index in [1.165, 1.54) is 0 Å². The molecule has 4 nitrogen and oxygen atoms in total. The van der Waals surface area contributed by atoms with E-state index >= 15 is 0 Å². The molecule has 1 aromatic carbocycles. The van der Waals surface area contributed by atoms with Gasteiger partial charge in [-0.25, -0.2) is 4.79 Å². The SMILES string of the molecule is NC1CC2(C1)CN(C(=O)OCc1ccccc1)C2. The van der Waals surface area contributed by atoms with Gasteiger partial charge in [-0.15, -0.1) is 0 Å². The first kappa shape index (κ1) is 11.5. The molecule has 18 heavy (non-hydrogen) atoms. The van der Waals surface area contributed by atoms with Crippen molar-refractivity contribution in [1.82, 2.24) is 4.90 Å². The number of likely N-dealkylation sites (tertiary alicyclic amines) is 1. The van der Waals surface area contributed by atoms with Crippen molar-refractivity contribution in [1.29, 1.82) is 0 Å². The summed E-state index contributed by atoms with van der Waals surface area (Å²) in [7, 11) is 0. The molecule has 1 aromatic rings. The third kappa shape index (κ3) is 2.08. The Balaban J connectivity index is 1.44. The Hall–Kier alpha value is -1.55. The summed E-state index contributed by atoms with van der Waals surface area (Å²) in [4.78, 5) is 13.6. The molecular weight excluding hydrogens is 228 g/mol. The van der Waals surface area contributed by atoms with Gasteiger partial charge in [0.25, 0.3) is 0 Å². The predicted octanol–water partition coefficient (Wildman–Crippen LogP) is 1.75. The van der Waals surface area contributed by atoms with E-state index in [9.17, 15) is 4.79 Å². The Labute approximate surface area is 107 Å². The standard InChI is InChI=1S/C14H18N2O2/c15-12-6-14(7-12)9-16(10-14)13(17)18-8-11-4-2-1-3-5-11/h1-5,12H,6-10,15H2. The Kier molecular flexibility index (Phi) is 2.74. The second-order valence-corrected chi connectivity index (χ2v) is 5.56. The molecule has 1 heterocycles. The van der Waals surface area contributed by atoms with Crippen LogP contribution in [0.4, 0.5) is 4.79 Å². The van der Waals surface area contributed by atoms with E-state index in [4.69, 9.17) is 10.5 Å². The van der Waals surface area contributed by atoms with Gasteiger partial charge in [-0.1, -0.05) is 30.3 Å². The number of nitrogens with zero attached hydrogens (tertiary/aromatic N) is 1. The van der Waals surface area contributed by atoms with E-state index in [1.807, 2.05) is 30.3 Å². The van der Waals surface area contributed by atoms with Crippen molar-refractivity contribution in [2.45, 2.75) is 25.5 Å². The van der Waals surface area contributed by atoms with Gasteiger partial charge in [0.15, 0.2) is 0 Å². The molecule has 2 fully saturated rings. The van der Waals surface area contributed by atoms with E-state index in [2.05, 4.69) is 0 Å². The fourth-order valence-corrected chi connectivity index (χ4v) is 3.01. The average Bonchev–Trinajstić information content (AvgIpc) is 2.30. The molecule has 2 aliphatic rings. The zero-order valence-electron chi connectivity index (χ0n) is 10.3. The summed E-state index contributed by atoms with van der Waals surface area (Å²) in [6, 6.07) is 10.1. The van der Waals surface area contributed by atoms with Gasteiger partial charge in [-0.3, -0.25) is 0 Å². The lowest BCUT2D eigenvalue weighted by Crippen LogP contribution is -2.66. The van der Waals surface area contributed by atoms with Crippen LogP contribution >= 0.6 is 0 Å². The number of rotatable bonds is 2. The second kappa shape index (κ2) is 4.28. The average molecular weight is 246 g/mol. The number of ether oxygens (including phenoxy) is 1. The highest BCUT2D eigenvalue weighted by molar-refractivity contribution is 5.69. The number of hydrogen-bond donors (Lipinski definition) is 1. The maximum Gasteiger partial charge on any atom is 0.410 e. The van der Waals surface area contributed by atoms with Crippen molar-refractivity contribution >= 4 is 6.09 Å². The molecule has 3 rings (SSSR count). The lowest BCUT2D eigenvalue weighted by atomic mass is 9.61. The van der Waals surface area contributed by atoms with Crippen molar-refractivity contribution in [3.63, 3.8) is 0 Å². The van der Waals surface area contributed by atoms with Gasteiger partial charge < -0.3 is 15.4 Å². The van der Waals surface area contributed by atoms with Gasteiger partial charge in [0.05, 0.1) is 0 Å². The van der Waals surface area contributed by atoms with Crippen molar-refractivity contribution in [2.24, 2.45) is 11.1 Å². The minimum absolute atomic E-state index is 0.204. The Bertz CT molecular complexity index is 432. The highest BCUT2D eigenvalue weighted by Gasteiger charge is 2.53. The molecule has 0 aromatic heterocycles. The van der Waals surface area contributed by atoms with Crippen LogP contribution in [0.25, 0.3) is 0 Å². The van der Waals surface area contributed by atoms with Crippen LogP contribution in [0, 0.1) is 5.41 Å². The largest absolute Gasteiger partial charge is 0.445 e. The van der Waals surface area contributed by atoms with E-state index in [0.717, 1.165) is 31.5 Å². The van der Waals surface area contributed by atoms with Crippen molar-refractivity contribution in [2.75, 3.05) is 13.1 Å². The van der Waals surface area contributed by atoms with Gasteiger partial charge >= 0.3 is 6.09 Å². The van der Waals surface area contributed by atoms with Gasteiger partial charge in [-0.2, -0.15) is 0 Å². The van der Waals surface area contributed by atoms with Crippen LogP contribution < -0.4 is 5.73 Å². The van der Waals surface area contributed by atoms with E-state index in [-0.39, 0.29) is 6.09 Å². The molecule has 2 N–H and O–H groups in total. The number of carbonyl (C=O) groups excluding carboxylic acids is 1. The third-order valence-electron chi connectivity index (χ3n) is 3.91. The third-order valence-corrected chi connectivity index (χ3v) is 3.91. The quantitative estimate of drug-likeness (QED) is 0.865. The summed E-state index contributed by atoms with van der Waals surface area (Å²) in [5.41, 5.74) is 7.13. The minimum atomic E-state index is -0.204. The fraction of sp³-hybridized carbons (Fsp3) is 0.500. The normalized spacial score (nSPS) is 21.3. The van der Waals surface area contributed by atoms with Crippen molar-refractivity contribution in [3.05, 3.63) is 35.9 Å². The summed E-state index contributed by atoms with van der Waals surface area (Å²) in [5.74, 6) is 0. The summed E-state index contributed by atoms with van der Waals surface area (Å²) in [5, 5.41) is 0. The van der Waals surface area contributed by atoms with Crippen LogP contribution in [-0.2, 0) is 11.3 Å². The van der Waals surface area contributed by atoms with E-state index in [1.54, 1.807) is 4.90 Å². The molecule has 0 atom stereocenters. The van der Waals surface area contributed by atoms with Crippen LogP contribution in [-0.4, -0.2) is 30.1 Å². The van der Waals surface area contributed by atoms with E-state index < -0.39 is 0 Å². The molecule has 0 unspecified atom stereocenters. The smallest absolute Gasteiger partial charge is 0.410 e. The Morgan fingerprint density at radius 1 is 1.33 bits per heavy atom. The fourth-order valence-electron chi connectivity index (χ4n) is 3.01. The zero-order valence-corrected chi connectivity index (χ0v) is 10.3. The van der Waals surface area contributed by atoms with E-state index in [0.29, 0.717) is 18.1 Å². The summed E-state index contributed by atoms with van der Waals surface area (Å²) < 4.78 is 5.28. The number of amides is 1. The molecule has 96 valence electrons. The minimum Gasteiger partial charge on any atom is -0.445 e. The molecule has 1 saturated carbocycles. The molecule has 1 aliphatic carbocycles. The van der Waals surface area contributed by atoms with Crippen LogP contribution in [0.1, 0.15) is 18.4 Å². The Morgan fingerprint density at radius 3 is 2.61 bits per heavy atom. The summed E-state index contributed by atoms with van der Waals surface area (Å²) in [6.07, 6.45) is 1.90. The Morgan fingerprint density at radius 2 is 2.00 bits per heavy atom. The van der Waals surface area contributed by atoms with Crippen LogP contribution in [0.5, 0.6) is 0 Å². The molecule has 1 amide bonds. The molecule has 4 heteroatoms. The van der Waals surface area contributed by atoms with Crippen LogP contribution in [0.3, 0.4) is 0 Å². The van der Waals surface area contributed by atoms with Gasteiger partial charge in [-0.05, 0) is 18.4 Å². The lowest BCUT2D eigenvalue weighted by molar-refractivity contribution is -0.0638. The monoisotopic (exact) mass is 246 g/mol.